The van der Waals surface area contributed by atoms with Crippen LogP contribution in [0.5, 0.6) is 5.75 Å². The second-order valence-electron chi connectivity index (χ2n) is 8.19. The maximum atomic E-state index is 13.0. The average Bonchev–Trinajstić information content (AvgIpc) is 2.84. The van der Waals surface area contributed by atoms with E-state index < -0.39 is 6.10 Å². The third-order valence-electron chi connectivity index (χ3n) is 5.93. The van der Waals surface area contributed by atoms with Crippen LogP contribution in [0.1, 0.15) is 17.5 Å². The van der Waals surface area contributed by atoms with Crippen molar-refractivity contribution >= 4 is 23.4 Å². The van der Waals surface area contributed by atoms with Gasteiger partial charge in [0.1, 0.15) is 11.6 Å². The second-order valence-corrected chi connectivity index (χ2v) is 8.19. The van der Waals surface area contributed by atoms with Crippen molar-refractivity contribution in [3.8, 4) is 5.75 Å². The number of benzene rings is 1. The number of carbonyl (C=O) groups is 1. The highest BCUT2D eigenvalue weighted by Crippen LogP contribution is 2.28. The monoisotopic (exact) mass is 430 g/mol. The summed E-state index contributed by atoms with van der Waals surface area (Å²) in [6.45, 7) is 4.75. The first-order valence-corrected chi connectivity index (χ1v) is 11.0. The minimum absolute atomic E-state index is 0.0791. The molecule has 0 bridgehead atoms. The smallest absolute Gasteiger partial charge is 0.263 e. The van der Waals surface area contributed by atoms with Crippen molar-refractivity contribution in [1.29, 1.82) is 0 Å². The number of anilines is 3. The number of rotatable bonds is 4. The Balaban J connectivity index is 1.16. The number of aryl methyl sites for hydroxylation is 2. The molecule has 164 valence electrons. The van der Waals surface area contributed by atoms with E-state index in [4.69, 9.17) is 4.74 Å². The highest BCUT2D eigenvalue weighted by Gasteiger charge is 2.31. The first-order chi connectivity index (χ1) is 15.7. The quantitative estimate of drug-likeness (QED) is 0.681. The van der Waals surface area contributed by atoms with E-state index in [1.54, 1.807) is 6.20 Å². The number of aromatic nitrogens is 3. The maximum Gasteiger partial charge on any atom is 0.263 e. The van der Waals surface area contributed by atoms with E-state index >= 15 is 0 Å². The molecule has 0 aliphatic carbocycles. The van der Waals surface area contributed by atoms with E-state index in [9.17, 15) is 4.79 Å². The van der Waals surface area contributed by atoms with E-state index in [0.717, 1.165) is 48.9 Å². The molecule has 1 aromatic carbocycles. The molecule has 1 atom stereocenters. The van der Waals surface area contributed by atoms with Gasteiger partial charge >= 0.3 is 0 Å². The van der Waals surface area contributed by atoms with Gasteiger partial charge in [-0.1, -0.05) is 18.2 Å². The molecule has 1 saturated heterocycles. The molecule has 4 heterocycles. The predicted molar refractivity (Wildman–Crippen MR) is 122 cm³/mol. The van der Waals surface area contributed by atoms with Gasteiger partial charge < -0.3 is 19.9 Å². The molecular weight excluding hydrogens is 404 g/mol. The highest BCUT2D eigenvalue weighted by molar-refractivity contribution is 5.82. The van der Waals surface area contributed by atoms with E-state index in [-0.39, 0.29) is 5.91 Å². The third-order valence-corrected chi connectivity index (χ3v) is 5.93. The van der Waals surface area contributed by atoms with Gasteiger partial charge in [0.05, 0.1) is 0 Å². The number of piperazine rings is 1. The van der Waals surface area contributed by atoms with Crippen LogP contribution in [0.2, 0.25) is 0 Å². The van der Waals surface area contributed by atoms with Crippen LogP contribution in [0, 0.1) is 6.92 Å². The largest absolute Gasteiger partial charge is 0.480 e. The zero-order valence-electron chi connectivity index (χ0n) is 18.1. The molecule has 0 spiro atoms. The molecular formula is C24H26N6O2. The van der Waals surface area contributed by atoms with Crippen molar-refractivity contribution < 1.29 is 9.53 Å². The fourth-order valence-corrected chi connectivity index (χ4v) is 4.15. The van der Waals surface area contributed by atoms with Gasteiger partial charge in [-0.3, -0.25) is 4.79 Å². The first kappa shape index (κ1) is 20.2. The number of carbonyl (C=O) groups excluding carboxylic acids is 1. The molecule has 2 aliphatic rings. The maximum absolute atomic E-state index is 13.0. The molecule has 0 saturated carbocycles. The fourth-order valence-electron chi connectivity index (χ4n) is 4.15. The van der Waals surface area contributed by atoms with Crippen LogP contribution >= 0.6 is 0 Å². The molecule has 1 amide bonds. The lowest BCUT2D eigenvalue weighted by Gasteiger charge is -2.37. The van der Waals surface area contributed by atoms with Crippen LogP contribution in [0.15, 0.2) is 54.7 Å². The van der Waals surface area contributed by atoms with Crippen molar-refractivity contribution in [2.24, 2.45) is 0 Å². The lowest BCUT2D eigenvalue weighted by molar-refractivity contribution is -0.139. The van der Waals surface area contributed by atoms with E-state index in [0.29, 0.717) is 18.9 Å². The van der Waals surface area contributed by atoms with Crippen LogP contribution in [-0.4, -0.2) is 58.3 Å². The summed E-state index contributed by atoms with van der Waals surface area (Å²) >= 11 is 0. The van der Waals surface area contributed by atoms with Crippen molar-refractivity contribution in [3.05, 3.63) is 65.9 Å². The first-order valence-electron chi connectivity index (χ1n) is 11.0. The molecule has 8 heteroatoms. The molecule has 32 heavy (non-hydrogen) atoms. The summed E-state index contributed by atoms with van der Waals surface area (Å²) < 4.78 is 5.99. The molecule has 1 fully saturated rings. The Morgan fingerprint density at radius 2 is 1.88 bits per heavy atom. The Kier molecular flexibility index (Phi) is 5.58. The van der Waals surface area contributed by atoms with Crippen molar-refractivity contribution in [3.63, 3.8) is 0 Å². The van der Waals surface area contributed by atoms with Crippen molar-refractivity contribution in [2.75, 3.05) is 36.4 Å². The van der Waals surface area contributed by atoms with Gasteiger partial charge in [0.2, 0.25) is 0 Å². The van der Waals surface area contributed by atoms with Crippen LogP contribution < -0.4 is 15.0 Å². The number of hydrogen-bond acceptors (Lipinski definition) is 7. The van der Waals surface area contributed by atoms with E-state index in [2.05, 4.69) is 31.5 Å². The number of fused-ring (bicyclic) bond motifs is 1. The third kappa shape index (κ3) is 4.34. The summed E-state index contributed by atoms with van der Waals surface area (Å²) in [6, 6.07) is 15.7. The Morgan fingerprint density at radius 3 is 2.66 bits per heavy atom. The average molecular weight is 431 g/mol. The van der Waals surface area contributed by atoms with Crippen LogP contribution in [0.3, 0.4) is 0 Å². The van der Waals surface area contributed by atoms with Gasteiger partial charge in [0, 0.05) is 32.4 Å². The number of amides is 1. The number of para-hydroxylation sites is 1. The number of ether oxygens (including phenoxy) is 1. The Morgan fingerprint density at radius 1 is 1.03 bits per heavy atom. The number of hydrogen-bond donors (Lipinski definition) is 1. The summed E-state index contributed by atoms with van der Waals surface area (Å²) in [5, 5.41) is 11.8. The molecule has 1 unspecified atom stereocenters. The number of pyridine rings is 1. The highest BCUT2D eigenvalue weighted by atomic mass is 16.5. The van der Waals surface area contributed by atoms with Crippen LogP contribution in [0.4, 0.5) is 17.5 Å². The molecule has 2 aliphatic heterocycles. The minimum atomic E-state index is -0.392. The van der Waals surface area contributed by atoms with E-state index in [1.165, 1.54) is 5.56 Å². The van der Waals surface area contributed by atoms with Crippen LogP contribution in [-0.2, 0) is 11.2 Å². The Labute approximate surface area is 187 Å². The van der Waals surface area contributed by atoms with Gasteiger partial charge in [-0.25, -0.2) is 4.98 Å². The summed E-state index contributed by atoms with van der Waals surface area (Å²) in [5.74, 6) is 3.11. The molecule has 3 aromatic rings. The topological polar surface area (TPSA) is 83.5 Å². The molecule has 8 nitrogen and oxygen atoms in total. The lowest BCUT2D eigenvalue weighted by Crippen LogP contribution is -2.53. The zero-order valence-corrected chi connectivity index (χ0v) is 18.1. The van der Waals surface area contributed by atoms with Gasteiger partial charge in [-0.05, 0) is 61.2 Å². The summed E-state index contributed by atoms with van der Waals surface area (Å²) in [5.41, 5.74) is 2.30. The van der Waals surface area contributed by atoms with Crippen molar-refractivity contribution in [2.45, 2.75) is 25.9 Å². The Bertz CT molecular complexity index is 1100. The molecule has 1 N–H and O–H groups in total. The summed E-state index contributed by atoms with van der Waals surface area (Å²) in [6.07, 6.45) is 2.97. The van der Waals surface area contributed by atoms with Crippen LogP contribution in [0.25, 0.3) is 0 Å². The van der Waals surface area contributed by atoms with E-state index in [1.807, 2.05) is 54.3 Å². The number of nitrogens with zero attached hydrogens (tertiary/aromatic N) is 5. The second kappa shape index (κ2) is 8.82. The predicted octanol–water partition coefficient (Wildman–Crippen LogP) is 2.97. The molecule has 5 rings (SSSR count). The SMILES string of the molecule is Cc1ccnc(Nc2ccc(N3CCN(C(=O)C4CCc5ccccc5O4)CC3)nn2)c1. The van der Waals surface area contributed by atoms with Gasteiger partial charge in [0.15, 0.2) is 17.7 Å². The van der Waals surface area contributed by atoms with Gasteiger partial charge in [-0.15, -0.1) is 10.2 Å². The van der Waals surface area contributed by atoms with Crippen molar-refractivity contribution in [1.82, 2.24) is 20.1 Å². The normalized spacial score (nSPS) is 18.0. The summed E-state index contributed by atoms with van der Waals surface area (Å²) in [4.78, 5) is 21.3. The minimum Gasteiger partial charge on any atom is -0.480 e. The standard InChI is InChI=1S/C24H26N6O2/c1-17-10-11-25-22(16-17)26-21-8-9-23(28-27-21)29-12-14-30(15-13-29)24(31)20-7-6-18-4-2-3-5-19(18)32-20/h2-5,8-11,16,20H,6-7,12-15H2,1H3,(H,25,26,27). The lowest BCUT2D eigenvalue weighted by atomic mass is 10.0. The fraction of sp³-hybridized carbons (Fsp3) is 0.333. The molecule has 2 aromatic heterocycles. The van der Waals surface area contributed by atoms with Gasteiger partial charge in [0.25, 0.3) is 5.91 Å². The number of nitrogens with one attached hydrogen (secondary N) is 1. The Hall–Kier alpha value is -3.68. The summed E-state index contributed by atoms with van der Waals surface area (Å²) in [7, 11) is 0. The molecule has 0 radical (unpaired) electrons. The zero-order chi connectivity index (χ0) is 21.9. The van der Waals surface area contributed by atoms with Gasteiger partial charge in [-0.2, -0.15) is 0 Å².